The van der Waals surface area contributed by atoms with E-state index in [-0.39, 0.29) is 17.8 Å². The molecule has 0 fully saturated rings. The molecule has 8 heteroatoms. The minimum absolute atomic E-state index is 0.122. The van der Waals surface area contributed by atoms with Gasteiger partial charge in [-0.25, -0.2) is 4.68 Å². The highest BCUT2D eigenvalue weighted by Gasteiger charge is 2.14. The maximum Gasteiger partial charge on any atom is 0.275 e. The quantitative estimate of drug-likeness (QED) is 0.573. The van der Waals surface area contributed by atoms with Crippen LogP contribution in [0, 0.1) is 24.0 Å². The van der Waals surface area contributed by atoms with Crippen LogP contribution in [-0.4, -0.2) is 20.6 Å². The first kappa shape index (κ1) is 17.3. The van der Waals surface area contributed by atoms with Crippen molar-refractivity contribution in [2.75, 3.05) is 5.32 Å². The maximum atomic E-state index is 12.5. The molecule has 0 spiro atoms. The average Bonchev–Trinajstić information content (AvgIpc) is 2.61. The Hall–Kier alpha value is -3.55. The molecular formula is C18H16N4O4. The first-order chi connectivity index (χ1) is 12.4. The number of rotatable bonds is 4. The van der Waals surface area contributed by atoms with Gasteiger partial charge in [0.15, 0.2) is 0 Å². The number of non-ortho nitro benzene ring substituents is 1. The van der Waals surface area contributed by atoms with Crippen LogP contribution >= 0.6 is 0 Å². The standard InChI is InChI=1S/C18H16N4O4/c1-11-7-8-13(22(25)26)9-16(11)19-17(23)10-21-18(24)15-6-4-3-5-14(15)12(2)20-21/h3-9H,10H2,1-2H3,(H,19,23). The fraction of sp³-hybridized carbons (Fsp3) is 0.167. The zero-order chi connectivity index (χ0) is 18.8. The first-order valence-electron chi connectivity index (χ1n) is 7.88. The van der Waals surface area contributed by atoms with Gasteiger partial charge in [-0.2, -0.15) is 5.10 Å². The molecule has 0 aliphatic carbocycles. The van der Waals surface area contributed by atoms with Gasteiger partial charge in [-0.05, 0) is 25.5 Å². The lowest BCUT2D eigenvalue weighted by Crippen LogP contribution is -2.30. The molecule has 3 aromatic rings. The van der Waals surface area contributed by atoms with Crippen LogP contribution in [0.5, 0.6) is 0 Å². The third kappa shape index (κ3) is 3.30. The van der Waals surface area contributed by atoms with Crippen molar-refractivity contribution < 1.29 is 9.72 Å². The number of anilines is 1. The first-order valence-corrected chi connectivity index (χ1v) is 7.88. The molecule has 0 bridgehead atoms. The van der Waals surface area contributed by atoms with Crippen LogP contribution in [-0.2, 0) is 11.3 Å². The minimum atomic E-state index is -0.534. The molecule has 132 valence electrons. The highest BCUT2D eigenvalue weighted by Crippen LogP contribution is 2.21. The molecule has 1 heterocycles. The third-order valence-corrected chi connectivity index (χ3v) is 4.05. The summed E-state index contributed by atoms with van der Waals surface area (Å²) < 4.78 is 1.10. The van der Waals surface area contributed by atoms with E-state index in [9.17, 15) is 19.7 Å². The molecule has 8 nitrogen and oxygen atoms in total. The number of aromatic nitrogens is 2. The van der Waals surface area contributed by atoms with Crippen molar-refractivity contribution in [3.8, 4) is 0 Å². The lowest BCUT2D eigenvalue weighted by Gasteiger charge is -2.10. The minimum Gasteiger partial charge on any atom is -0.324 e. The molecule has 0 aliphatic rings. The number of benzene rings is 2. The number of nitrogens with one attached hydrogen (secondary N) is 1. The van der Waals surface area contributed by atoms with E-state index in [0.717, 1.165) is 10.1 Å². The molecule has 2 aromatic carbocycles. The molecule has 1 amide bonds. The summed E-state index contributed by atoms with van der Waals surface area (Å²) in [5.74, 6) is -0.488. The van der Waals surface area contributed by atoms with Crippen molar-refractivity contribution in [1.82, 2.24) is 9.78 Å². The van der Waals surface area contributed by atoms with Crippen LogP contribution in [0.4, 0.5) is 11.4 Å². The van der Waals surface area contributed by atoms with Gasteiger partial charge in [0.2, 0.25) is 5.91 Å². The highest BCUT2D eigenvalue weighted by atomic mass is 16.6. The second-order valence-corrected chi connectivity index (χ2v) is 5.90. The van der Waals surface area contributed by atoms with E-state index in [1.807, 2.05) is 6.07 Å². The lowest BCUT2D eigenvalue weighted by molar-refractivity contribution is -0.384. The van der Waals surface area contributed by atoms with Crippen molar-refractivity contribution >= 4 is 28.1 Å². The number of hydrogen-bond donors (Lipinski definition) is 1. The fourth-order valence-electron chi connectivity index (χ4n) is 2.70. The highest BCUT2D eigenvalue weighted by molar-refractivity contribution is 5.92. The van der Waals surface area contributed by atoms with Gasteiger partial charge in [0.25, 0.3) is 11.2 Å². The van der Waals surface area contributed by atoms with Gasteiger partial charge in [0.05, 0.1) is 21.7 Å². The molecule has 0 radical (unpaired) electrons. The zero-order valence-electron chi connectivity index (χ0n) is 14.2. The number of nitro groups is 1. The molecule has 1 N–H and O–H groups in total. The summed E-state index contributed by atoms with van der Waals surface area (Å²) >= 11 is 0. The predicted octanol–water partition coefficient (Wildman–Crippen LogP) is 2.56. The summed E-state index contributed by atoms with van der Waals surface area (Å²) in [4.78, 5) is 35.2. The normalized spacial score (nSPS) is 10.7. The molecule has 1 aromatic heterocycles. The Kier molecular flexibility index (Phi) is 4.49. The largest absolute Gasteiger partial charge is 0.324 e. The number of carbonyl (C=O) groups excluding carboxylic acids is 1. The Morgan fingerprint density at radius 3 is 2.58 bits per heavy atom. The van der Waals surface area contributed by atoms with Crippen LogP contribution in [0.15, 0.2) is 47.3 Å². The summed E-state index contributed by atoms with van der Waals surface area (Å²) in [7, 11) is 0. The topological polar surface area (TPSA) is 107 Å². The second kappa shape index (κ2) is 6.75. The van der Waals surface area contributed by atoms with Gasteiger partial charge < -0.3 is 5.32 Å². The van der Waals surface area contributed by atoms with Gasteiger partial charge in [-0.15, -0.1) is 0 Å². The van der Waals surface area contributed by atoms with E-state index in [4.69, 9.17) is 0 Å². The van der Waals surface area contributed by atoms with Crippen molar-refractivity contribution in [3.05, 3.63) is 74.2 Å². The molecule has 0 saturated carbocycles. The molecule has 3 rings (SSSR count). The lowest BCUT2D eigenvalue weighted by atomic mass is 10.1. The van der Waals surface area contributed by atoms with Crippen LogP contribution in [0.2, 0.25) is 0 Å². The number of aryl methyl sites for hydroxylation is 2. The Bertz CT molecular complexity index is 1090. The fourth-order valence-corrected chi connectivity index (χ4v) is 2.70. The predicted molar refractivity (Wildman–Crippen MR) is 97.2 cm³/mol. The summed E-state index contributed by atoms with van der Waals surface area (Å²) in [6.45, 7) is 3.21. The van der Waals surface area contributed by atoms with Crippen LogP contribution in [0.1, 0.15) is 11.3 Å². The van der Waals surface area contributed by atoms with Gasteiger partial charge in [-0.3, -0.25) is 19.7 Å². The SMILES string of the molecule is Cc1ccc([N+](=O)[O-])cc1NC(=O)Cn1nc(C)c2ccccc2c1=O. The number of carbonyl (C=O) groups is 1. The van der Waals surface area contributed by atoms with Crippen molar-refractivity contribution in [2.24, 2.45) is 0 Å². The Morgan fingerprint density at radius 1 is 1.19 bits per heavy atom. The molecule has 26 heavy (non-hydrogen) atoms. The van der Waals surface area contributed by atoms with Crippen LogP contribution in [0.3, 0.4) is 0 Å². The molecule has 0 saturated heterocycles. The average molecular weight is 352 g/mol. The number of nitrogens with zero attached hydrogens (tertiary/aromatic N) is 3. The van der Waals surface area contributed by atoms with E-state index in [1.165, 1.54) is 12.1 Å². The Labute approximate surface area is 148 Å². The monoisotopic (exact) mass is 352 g/mol. The summed E-state index contributed by atoms with van der Waals surface area (Å²) in [6, 6.07) is 11.3. The summed E-state index contributed by atoms with van der Waals surface area (Å²) in [6.07, 6.45) is 0. The number of fused-ring (bicyclic) bond motifs is 1. The molecule has 0 atom stereocenters. The smallest absolute Gasteiger partial charge is 0.275 e. The van der Waals surface area contributed by atoms with Gasteiger partial charge >= 0.3 is 0 Å². The summed E-state index contributed by atoms with van der Waals surface area (Å²) in [5, 5.41) is 18.9. The van der Waals surface area contributed by atoms with Crippen LogP contribution in [0.25, 0.3) is 10.8 Å². The van der Waals surface area contributed by atoms with E-state index < -0.39 is 10.8 Å². The Morgan fingerprint density at radius 2 is 1.88 bits per heavy atom. The van der Waals surface area contributed by atoms with Gasteiger partial charge in [0.1, 0.15) is 6.54 Å². The second-order valence-electron chi connectivity index (χ2n) is 5.90. The van der Waals surface area contributed by atoms with E-state index in [2.05, 4.69) is 10.4 Å². The van der Waals surface area contributed by atoms with Crippen molar-refractivity contribution in [2.45, 2.75) is 20.4 Å². The van der Waals surface area contributed by atoms with Crippen molar-refractivity contribution in [1.29, 1.82) is 0 Å². The number of amides is 1. The maximum absolute atomic E-state index is 12.5. The van der Waals surface area contributed by atoms with E-state index >= 15 is 0 Å². The van der Waals surface area contributed by atoms with Gasteiger partial charge in [-0.1, -0.05) is 24.3 Å². The van der Waals surface area contributed by atoms with E-state index in [1.54, 1.807) is 38.1 Å². The molecule has 0 unspecified atom stereocenters. The molecule has 0 aliphatic heterocycles. The van der Waals surface area contributed by atoms with Crippen LogP contribution < -0.4 is 10.9 Å². The Balaban J connectivity index is 1.89. The molecular weight excluding hydrogens is 336 g/mol. The number of nitro benzene ring substituents is 1. The van der Waals surface area contributed by atoms with E-state index in [0.29, 0.717) is 22.3 Å². The summed E-state index contributed by atoms with van der Waals surface area (Å²) in [5.41, 5.74) is 1.16. The third-order valence-electron chi connectivity index (χ3n) is 4.05. The van der Waals surface area contributed by atoms with Gasteiger partial charge in [0, 0.05) is 17.5 Å². The number of hydrogen-bond acceptors (Lipinski definition) is 5. The zero-order valence-corrected chi connectivity index (χ0v) is 14.2. The van der Waals surface area contributed by atoms with Crippen molar-refractivity contribution in [3.63, 3.8) is 0 Å².